The van der Waals surface area contributed by atoms with Gasteiger partial charge in [-0.25, -0.2) is 9.97 Å². The Kier molecular flexibility index (Phi) is 4.14. The molecule has 100 valence electrons. The van der Waals surface area contributed by atoms with Gasteiger partial charge in [-0.3, -0.25) is 0 Å². The Bertz CT molecular complexity index is 411. The van der Waals surface area contributed by atoms with Crippen LogP contribution in [0, 0.1) is 12.8 Å². The molecule has 0 aliphatic carbocycles. The predicted molar refractivity (Wildman–Crippen MR) is 69.5 cm³/mol. The molecule has 1 fully saturated rings. The zero-order valence-electron chi connectivity index (χ0n) is 11.3. The van der Waals surface area contributed by atoms with E-state index in [1.54, 1.807) is 7.11 Å². The van der Waals surface area contributed by atoms with E-state index in [0.29, 0.717) is 24.9 Å². The van der Waals surface area contributed by atoms with Crippen LogP contribution >= 0.6 is 0 Å². The number of β-amino-alcohol motifs (C(OH)–C–C–N with tert-alkyl or cyclic N) is 1. The van der Waals surface area contributed by atoms with Gasteiger partial charge in [-0.1, -0.05) is 6.92 Å². The minimum Gasteiger partial charge on any atom is -0.391 e. The van der Waals surface area contributed by atoms with Crippen molar-refractivity contribution in [3.05, 3.63) is 17.6 Å². The van der Waals surface area contributed by atoms with Crippen LogP contribution in [-0.2, 0) is 11.3 Å². The van der Waals surface area contributed by atoms with Crippen LogP contribution in [0.25, 0.3) is 0 Å². The first-order chi connectivity index (χ1) is 8.60. The predicted octanol–water partition coefficient (Wildman–Crippen LogP) is 1.14. The molecule has 5 heteroatoms. The summed E-state index contributed by atoms with van der Waals surface area (Å²) < 4.78 is 5.07. The summed E-state index contributed by atoms with van der Waals surface area (Å²) in [5, 5.41) is 9.94. The molecule has 1 aromatic rings. The van der Waals surface area contributed by atoms with Crippen LogP contribution in [0.3, 0.4) is 0 Å². The van der Waals surface area contributed by atoms with Crippen LogP contribution in [0.15, 0.2) is 6.07 Å². The second-order valence-electron chi connectivity index (χ2n) is 5.00. The van der Waals surface area contributed by atoms with E-state index in [1.807, 2.05) is 13.0 Å². The fourth-order valence-electron chi connectivity index (χ4n) is 2.22. The van der Waals surface area contributed by atoms with E-state index in [0.717, 1.165) is 24.5 Å². The number of hydrogen-bond acceptors (Lipinski definition) is 5. The first kappa shape index (κ1) is 13.2. The van der Waals surface area contributed by atoms with Crippen molar-refractivity contribution in [2.45, 2.75) is 33.0 Å². The second kappa shape index (κ2) is 5.63. The standard InChI is InChI=1S/C13H21N3O2/c1-9-4-5-16(7-11(9)17)13-6-10(2)14-12(15-13)8-18-3/h6,9,11,17H,4-5,7-8H2,1-3H3. The van der Waals surface area contributed by atoms with Crippen LogP contribution in [0.4, 0.5) is 5.82 Å². The van der Waals surface area contributed by atoms with E-state index < -0.39 is 0 Å². The van der Waals surface area contributed by atoms with E-state index in [1.165, 1.54) is 0 Å². The topological polar surface area (TPSA) is 58.5 Å². The van der Waals surface area contributed by atoms with Gasteiger partial charge >= 0.3 is 0 Å². The summed E-state index contributed by atoms with van der Waals surface area (Å²) >= 11 is 0. The quantitative estimate of drug-likeness (QED) is 0.873. The number of ether oxygens (including phenoxy) is 1. The fraction of sp³-hybridized carbons (Fsp3) is 0.692. The van der Waals surface area contributed by atoms with Gasteiger partial charge in [0.05, 0.1) is 6.10 Å². The third-order valence-corrected chi connectivity index (χ3v) is 3.40. The highest BCUT2D eigenvalue weighted by atomic mass is 16.5. The van der Waals surface area contributed by atoms with Crippen molar-refractivity contribution in [3.8, 4) is 0 Å². The maximum atomic E-state index is 9.94. The molecule has 2 rings (SSSR count). The molecule has 2 heterocycles. The Labute approximate surface area is 108 Å². The summed E-state index contributed by atoms with van der Waals surface area (Å²) in [5.41, 5.74) is 0.931. The Morgan fingerprint density at radius 2 is 2.28 bits per heavy atom. The minimum atomic E-state index is -0.278. The molecule has 18 heavy (non-hydrogen) atoms. The molecule has 0 spiro atoms. The molecule has 0 radical (unpaired) electrons. The van der Waals surface area contributed by atoms with Crippen LogP contribution in [0.2, 0.25) is 0 Å². The van der Waals surface area contributed by atoms with Crippen molar-refractivity contribution in [2.24, 2.45) is 5.92 Å². The van der Waals surface area contributed by atoms with Crippen LogP contribution in [-0.4, -0.2) is 41.4 Å². The van der Waals surface area contributed by atoms with E-state index in [4.69, 9.17) is 4.74 Å². The van der Waals surface area contributed by atoms with Gasteiger partial charge in [-0.05, 0) is 19.3 Å². The lowest BCUT2D eigenvalue weighted by Gasteiger charge is -2.35. The summed E-state index contributed by atoms with van der Waals surface area (Å²) in [6.07, 6.45) is 0.712. The average Bonchev–Trinajstić information content (AvgIpc) is 2.32. The van der Waals surface area contributed by atoms with Crippen LogP contribution in [0.5, 0.6) is 0 Å². The number of piperidine rings is 1. The first-order valence-corrected chi connectivity index (χ1v) is 6.36. The highest BCUT2D eigenvalue weighted by Crippen LogP contribution is 2.22. The zero-order chi connectivity index (χ0) is 13.1. The largest absolute Gasteiger partial charge is 0.391 e. The lowest BCUT2D eigenvalue weighted by Crippen LogP contribution is -2.43. The fourth-order valence-corrected chi connectivity index (χ4v) is 2.22. The van der Waals surface area contributed by atoms with Crippen LogP contribution < -0.4 is 4.90 Å². The Morgan fingerprint density at radius 1 is 1.50 bits per heavy atom. The number of hydrogen-bond donors (Lipinski definition) is 1. The van der Waals surface area contributed by atoms with Gasteiger partial charge in [-0.15, -0.1) is 0 Å². The molecular weight excluding hydrogens is 230 g/mol. The summed E-state index contributed by atoms with van der Waals surface area (Å²) in [6, 6.07) is 1.96. The molecule has 1 N–H and O–H groups in total. The van der Waals surface area contributed by atoms with E-state index in [-0.39, 0.29) is 6.10 Å². The first-order valence-electron chi connectivity index (χ1n) is 6.36. The number of aliphatic hydroxyl groups excluding tert-OH is 1. The number of aromatic nitrogens is 2. The highest BCUT2D eigenvalue weighted by Gasteiger charge is 2.25. The number of anilines is 1. The van der Waals surface area contributed by atoms with Crippen molar-refractivity contribution in [2.75, 3.05) is 25.1 Å². The SMILES string of the molecule is COCc1nc(C)cc(N2CCC(C)C(O)C2)n1. The third kappa shape index (κ3) is 2.97. The summed E-state index contributed by atoms with van der Waals surface area (Å²) in [7, 11) is 1.64. The number of aliphatic hydroxyl groups is 1. The van der Waals surface area contributed by atoms with Crippen molar-refractivity contribution in [1.82, 2.24) is 9.97 Å². The van der Waals surface area contributed by atoms with Gasteiger partial charge in [0.2, 0.25) is 0 Å². The number of aryl methyl sites for hydroxylation is 1. The lowest BCUT2D eigenvalue weighted by atomic mass is 9.96. The third-order valence-electron chi connectivity index (χ3n) is 3.40. The van der Waals surface area contributed by atoms with E-state index >= 15 is 0 Å². The Hall–Kier alpha value is -1.20. The maximum Gasteiger partial charge on any atom is 0.156 e. The van der Waals surface area contributed by atoms with Gasteiger partial charge < -0.3 is 14.7 Å². The average molecular weight is 251 g/mol. The van der Waals surface area contributed by atoms with Crippen LogP contribution in [0.1, 0.15) is 24.9 Å². The van der Waals surface area contributed by atoms with Gasteiger partial charge in [0.25, 0.3) is 0 Å². The highest BCUT2D eigenvalue weighted by molar-refractivity contribution is 5.40. The van der Waals surface area contributed by atoms with Crippen molar-refractivity contribution >= 4 is 5.82 Å². The molecule has 2 atom stereocenters. The molecule has 0 bridgehead atoms. The lowest BCUT2D eigenvalue weighted by molar-refractivity contribution is 0.102. The molecular formula is C13H21N3O2. The smallest absolute Gasteiger partial charge is 0.156 e. The van der Waals surface area contributed by atoms with Gasteiger partial charge in [-0.2, -0.15) is 0 Å². The maximum absolute atomic E-state index is 9.94. The molecule has 2 unspecified atom stereocenters. The molecule has 0 saturated carbocycles. The molecule has 1 saturated heterocycles. The Morgan fingerprint density at radius 3 is 2.94 bits per heavy atom. The molecule has 1 aliphatic heterocycles. The van der Waals surface area contributed by atoms with E-state index in [9.17, 15) is 5.11 Å². The van der Waals surface area contributed by atoms with Crippen molar-refractivity contribution < 1.29 is 9.84 Å². The molecule has 0 aromatic carbocycles. The minimum absolute atomic E-state index is 0.278. The normalized spacial score (nSPS) is 24.3. The van der Waals surface area contributed by atoms with Crippen molar-refractivity contribution in [3.63, 3.8) is 0 Å². The molecule has 1 aromatic heterocycles. The second-order valence-corrected chi connectivity index (χ2v) is 5.00. The number of methoxy groups -OCH3 is 1. The Balaban J connectivity index is 2.17. The summed E-state index contributed by atoms with van der Waals surface area (Å²) in [4.78, 5) is 10.9. The summed E-state index contributed by atoms with van der Waals surface area (Å²) in [5.74, 6) is 1.95. The number of nitrogens with zero attached hydrogens (tertiary/aromatic N) is 3. The molecule has 0 amide bonds. The zero-order valence-corrected chi connectivity index (χ0v) is 11.3. The monoisotopic (exact) mass is 251 g/mol. The van der Waals surface area contributed by atoms with Gasteiger partial charge in [0.1, 0.15) is 12.4 Å². The molecule has 5 nitrogen and oxygen atoms in total. The van der Waals surface area contributed by atoms with Gasteiger partial charge in [0.15, 0.2) is 5.82 Å². The molecule has 1 aliphatic rings. The van der Waals surface area contributed by atoms with Gasteiger partial charge in [0, 0.05) is 32.0 Å². The summed E-state index contributed by atoms with van der Waals surface area (Å²) in [6.45, 7) is 6.03. The number of rotatable bonds is 3. The van der Waals surface area contributed by atoms with E-state index in [2.05, 4.69) is 21.8 Å². The van der Waals surface area contributed by atoms with Crippen molar-refractivity contribution in [1.29, 1.82) is 0 Å².